The van der Waals surface area contributed by atoms with Crippen LogP contribution in [0.5, 0.6) is 5.75 Å². The van der Waals surface area contributed by atoms with Gasteiger partial charge in [-0.3, -0.25) is 4.79 Å². The van der Waals surface area contributed by atoms with Gasteiger partial charge >= 0.3 is 0 Å². The standard InChI is InChI=1S/C23H24FN5O2/c1-29(2)12-16-11-14(5-7-18(16)31-3)19-21(24)28-22(25)20(27-19)15-4-6-17-13(10-15)8-9-26-23(17)30/h4-7,10-11H,8-9,12H2,1-3H3,(H2,25,28)(H,26,30). The van der Waals surface area contributed by atoms with E-state index in [2.05, 4.69) is 15.3 Å². The quantitative estimate of drug-likeness (QED) is 0.658. The second-order valence-electron chi connectivity index (χ2n) is 7.74. The number of amides is 1. The molecule has 0 fully saturated rings. The predicted octanol–water partition coefficient (Wildman–Crippen LogP) is 2.89. The van der Waals surface area contributed by atoms with Crippen LogP contribution in [0.15, 0.2) is 36.4 Å². The maximum atomic E-state index is 14.8. The fourth-order valence-corrected chi connectivity index (χ4v) is 3.79. The van der Waals surface area contributed by atoms with Crippen molar-refractivity contribution >= 4 is 11.7 Å². The summed E-state index contributed by atoms with van der Waals surface area (Å²) in [5.41, 5.74) is 10.3. The van der Waals surface area contributed by atoms with Crippen molar-refractivity contribution in [2.45, 2.75) is 13.0 Å². The van der Waals surface area contributed by atoms with Crippen molar-refractivity contribution < 1.29 is 13.9 Å². The van der Waals surface area contributed by atoms with Gasteiger partial charge < -0.3 is 20.7 Å². The molecule has 0 spiro atoms. The molecule has 0 aliphatic carbocycles. The van der Waals surface area contributed by atoms with E-state index >= 15 is 0 Å². The number of benzene rings is 2. The molecular weight excluding hydrogens is 397 g/mol. The minimum Gasteiger partial charge on any atom is -0.496 e. The van der Waals surface area contributed by atoms with Gasteiger partial charge in [0, 0.05) is 35.3 Å². The van der Waals surface area contributed by atoms with Crippen LogP contribution in [-0.2, 0) is 13.0 Å². The summed E-state index contributed by atoms with van der Waals surface area (Å²) in [5.74, 6) is -0.115. The Morgan fingerprint density at radius 3 is 2.61 bits per heavy atom. The summed E-state index contributed by atoms with van der Waals surface area (Å²) in [6.07, 6.45) is 0.711. The zero-order valence-electron chi connectivity index (χ0n) is 17.7. The lowest BCUT2D eigenvalue weighted by molar-refractivity contribution is 0.0946. The van der Waals surface area contributed by atoms with Gasteiger partial charge in [-0.1, -0.05) is 6.07 Å². The molecule has 1 aromatic heterocycles. The highest BCUT2D eigenvalue weighted by molar-refractivity contribution is 5.97. The molecule has 0 radical (unpaired) electrons. The van der Waals surface area contributed by atoms with Gasteiger partial charge in [0.05, 0.1) is 7.11 Å². The summed E-state index contributed by atoms with van der Waals surface area (Å²) < 4.78 is 20.2. The zero-order chi connectivity index (χ0) is 22.1. The van der Waals surface area contributed by atoms with E-state index in [9.17, 15) is 9.18 Å². The number of anilines is 1. The molecule has 1 aliphatic heterocycles. The van der Waals surface area contributed by atoms with Gasteiger partial charge in [0.1, 0.15) is 17.1 Å². The van der Waals surface area contributed by atoms with Gasteiger partial charge in [-0.05, 0) is 56.4 Å². The Bertz CT molecular complexity index is 1160. The van der Waals surface area contributed by atoms with Gasteiger partial charge in [0.25, 0.3) is 5.91 Å². The molecule has 3 N–H and O–H groups in total. The Morgan fingerprint density at radius 1 is 1.13 bits per heavy atom. The number of carbonyl (C=O) groups excluding carboxylic acids is 1. The van der Waals surface area contributed by atoms with Crippen molar-refractivity contribution in [3.63, 3.8) is 0 Å². The largest absolute Gasteiger partial charge is 0.496 e. The van der Waals surface area contributed by atoms with Crippen molar-refractivity contribution in [2.75, 3.05) is 33.5 Å². The average Bonchev–Trinajstić information content (AvgIpc) is 2.73. The van der Waals surface area contributed by atoms with Crippen molar-refractivity contribution in [2.24, 2.45) is 0 Å². The number of hydrogen-bond donors (Lipinski definition) is 2. The van der Waals surface area contributed by atoms with Crippen LogP contribution in [0.1, 0.15) is 21.5 Å². The molecule has 8 heteroatoms. The molecule has 0 bridgehead atoms. The molecule has 31 heavy (non-hydrogen) atoms. The van der Waals surface area contributed by atoms with Crippen LogP contribution in [-0.4, -0.2) is 48.5 Å². The van der Waals surface area contributed by atoms with E-state index in [4.69, 9.17) is 10.5 Å². The second kappa shape index (κ2) is 8.31. The number of nitrogens with zero attached hydrogens (tertiary/aromatic N) is 3. The Balaban J connectivity index is 1.80. The number of nitrogens with two attached hydrogens (primary N) is 1. The molecule has 0 saturated heterocycles. The van der Waals surface area contributed by atoms with Crippen molar-refractivity contribution in [3.8, 4) is 28.3 Å². The molecule has 1 aliphatic rings. The number of fused-ring (bicyclic) bond motifs is 1. The first-order valence-electron chi connectivity index (χ1n) is 9.94. The number of ether oxygens (including phenoxy) is 1. The van der Waals surface area contributed by atoms with Crippen molar-refractivity contribution in [3.05, 3.63) is 59.0 Å². The van der Waals surface area contributed by atoms with Gasteiger partial charge in [-0.15, -0.1) is 0 Å². The number of nitrogen functional groups attached to an aromatic ring is 1. The molecular formula is C23H24FN5O2. The first-order valence-corrected chi connectivity index (χ1v) is 9.94. The number of nitrogens with one attached hydrogen (secondary N) is 1. The molecule has 1 amide bonds. The van der Waals surface area contributed by atoms with E-state index in [0.717, 1.165) is 16.9 Å². The van der Waals surface area contributed by atoms with E-state index in [-0.39, 0.29) is 17.4 Å². The molecule has 7 nitrogen and oxygen atoms in total. The minimum absolute atomic E-state index is 0.00323. The molecule has 0 unspecified atom stereocenters. The summed E-state index contributed by atoms with van der Waals surface area (Å²) >= 11 is 0. The highest BCUT2D eigenvalue weighted by Crippen LogP contribution is 2.32. The van der Waals surface area contributed by atoms with Crippen LogP contribution in [0.3, 0.4) is 0 Å². The van der Waals surface area contributed by atoms with Gasteiger partial charge in [-0.2, -0.15) is 9.37 Å². The third-order valence-electron chi connectivity index (χ3n) is 5.22. The summed E-state index contributed by atoms with van der Waals surface area (Å²) in [6.45, 7) is 1.20. The summed E-state index contributed by atoms with van der Waals surface area (Å²) in [6, 6.07) is 10.8. The SMILES string of the molecule is COc1ccc(-c2nc(-c3ccc4c(c3)CCNC4=O)c(N)nc2F)cc1CN(C)C. The van der Waals surface area contributed by atoms with Crippen LogP contribution >= 0.6 is 0 Å². The van der Waals surface area contributed by atoms with Gasteiger partial charge in [0.15, 0.2) is 5.82 Å². The van der Waals surface area contributed by atoms with E-state index in [1.807, 2.05) is 31.1 Å². The highest BCUT2D eigenvalue weighted by Gasteiger charge is 2.20. The number of halogens is 1. The number of methoxy groups -OCH3 is 1. The molecule has 0 saturated carbocycles. The van der Waals surface area contributed by atoms with Crippen molar-refractivity contribution in [1.82, 2.24) is 20.2 Å². The monoisotopic (exact) mass is 421 g/mol. The lowest BCUT2D eigenvalue weighted by Crippen LogP contribution is -2.31. The Labute approximate surface area is 180 Å². The second-order valence-corrected chi connectivity index (χ2v) is 7.74. The van der Waals surface area contributed by atoms with Crippen LogP contribution in [0.25, 0.3) is 22.5 Å². The van der Waals surface area contributed by atoms with E-state index in [1.165, 1.54) is 0 Å². The van der Waals surface area contributed by atoms with Crippen LogP contribution in [0.4, 0.5) is 10.2 Å². The lowest BCUT2D eigenvalue weighted by atomic mass is 9.96. The molecule has 2 heterocycles. The maximum absolute atomic E-state index is 14.8. The molecule has 4 rings (SSSR count). The topological polar surface area (TPSA) is 93.4 Å². The fraction of sp³-hybridized carbons (Fsp3) is 0.261. The number of carbonyl (C=O) groups is 1. The summed E-state index contributed by atoms with van der Waals surface area (Å²) in [5, 5.41) is 2.82. The van der Waals surface area contributed by atoms with Crippen molar-refractivity contribution in [1.29, 1.82) is 0 Å². The van der Waals surface area contributed by atoms with Gasteiger partial charge in [-0.25, -0.2) is 4.98 Å². The first kappa shape index (κ1) is 20.7. The normalized spacial score (nSPS) is 13.1. The molecule has 0 atom stereocenters. The third kappa shape index (κ3) is 4.06. The number of hydrogen-bond acceptors (Lipinski definition) is 6. The van der Waals surface area contributed by atoms with E-state index < -0.39 is 5.95 Å². The highest BCUT2D eigenvalue weighted by atomic mass is 19.1. The summed E-state index contributed by atoms with van der Waals surface area (Å²) in [7, 11) is 5.50. The lowest BCUT2D eigenvalue weighted by Gasteiger charge is -2.18. The Kier molecular flexibility index (Phi) is 5.56. The third-order valence-corrected chi connectivity index (χ3v) is 5.22. The van der Waals surface area contributed by atoms with Crippen LogP contribution in [0, 0.1) is 5.95 Å². The van der Waals surface area contributed by atoms with E-state index in [1.54, 1.807) is 31.4 Å². The van der Waals surface area contributed by atoms with Gasteiger partial charge in [0.2, 0.25) is 5.95 Å². The minimum atomic E-state index is -0.737. The Morgan fingerprint density at radius 2 is 1.87 bits per heavy atom. The van der Waals surface area contributed by atoms with Crippen LogP contribution in [0.2, 0.25) is 0 Å². The number of rotatable bonds is 5. The summed E-state index contributed by atoms with van der Waals surface area (Å²) in [4.78, 5) is 22.5. The Hall–Kier alpha value is -3.52. The van der Waals surface area contributed by atoms with Crippen LogP contribution < -0.4 is 15.8 Å². The number of aromatic nitrogens is 2. The molecule has 3 aromatic rings. The maximum Gasteiger partial charge on any atom is 0.251 e. The smallest absolute Gasteiger partial charge is 0.251 e. The van der Waals surface area contributed by atoms with E-state index in [0.29, 0.717) is 41.9 Å². The average molecular weight is 421 g/mol. The molecule has 160 valence electrons. The zero-order valence-corrected chi connectivity index (χ0v) is 17.7. The fourth-order valence-electron chi connectivity index (χ4n) is 3.79. The molecule has 2 aromatic carbocycles. The first-order chi connectivity index (χ1) is 14.9. The predicted molar refractivity (Wildman–Crippen MR) is 117 cm³/mol.